The first-order valence-electron chi connectivity index (χ1n) is 9.27. The molecule has 0 bridgehead atoms. The molecule has 2 amide bonds. The number of fused-ring (bicyclic) bond motifs is 1. The maximum absolute atomic E-state index is 12.4. The molecule has 0 spiro atoms. The molecule has 8 heteroatoms. The molecule has 1 aromatic heterocycles. The molecule has 3 aromatic carbocycles. The highest BCUT2D eigenvalue weighted by Gasteiger charge is 2.17. The monoisotopic (exact) mass is 465 g/mol. The van der Waals surface area contributed by atoms with E-state index in [9.17, 15) is 9.59 Å². The van der Waals surface area contributed by atoms with Gasteiger partial charge in [-0.1, -0.05) is 72.3 Å². The van der Waals surface area contributed by atoms with E-state index in [1.54, 1.807) is 12.1 Å². The van der Waals surface area contributed by atoms with Crippen molar-refractivity contribution in [2.24, 2.45) is 0 Å². The predicted molar refractivity (Wildman–Crippen MR) is 129 cm³/mol. The zero-order valence-corrected chi connectivity index (χ0v) is 18.4. The number of thiophene rings is 1. The van der Waals surface area contributed by atoms with Gasteiger partial charge in [-0.25, -0.2) is 0 Å². The highest BCUT2D eigenvalue weighted by Crippen LogP contribution is 2.34. The summed E-state index contributed by atoms with van der Waals surface area (Å²) in [5.41, 5.74) is 7.52. The van der Waals surface area contributed by atoms with E-state index >= 15 is 0 Å². The lowest BCUT2D eigenvalue weighted by molar-refractivity contribution is 0.0938. The molecule has 0 saturated heterocycles. The van der Waals surface area contributed by atoms with Gasteiger partial charge in [-0.2, -0.15) is 0 Å². The van der Waals surface area contributed by atoms with Crippen LogP contribution in [0.2, 0.25) is 5.02 Å². The van der Waals surface area contributed by atoms with E-state index in [1.165, 1.54) is 11.3 Å². The largest absolute Gasteiger partial charge is 0.298 e. The Kier molecular flexibility index (Phi) is 6.27. The van der Waals surface area contributed by atoms with Gasteiger partial charge >= 0.3 is 0 Å². The van der Waals surface area contributed by atoms with Crippen molar-refractivity contribution in [3.05, 3.63) is 94.3 Å². The second-order valence-electron chi connectivity index (χ2n) is 6.55. The standard InChI is InChI=1S/C23H16ClN3O2S2/c24-19-17-8-4-5-9-18(17)31-20(19)22(29)26-27-23(30)25-21(28)16-12-10-15(11-13-16)14-6-2-1-3-7-14/h1-13H,(H,26,29)(H2,25,27,28,30). The molecule has 154 valence electrons. The summed E-state index contributed by atoms with van der Waals surface area (Å²) in [7, 11) is 0. The van der Waals surface area contributed by atoms with Crippen molar-refractivity contribution in [1.82, 2.24) is 16.2 Å². The van der Waals surface area contributed by atoms with Crippen LogP contribution in [0.4, 0.5) is 0 Å². The third-order valence-electron chi connectivity index (χ3n) is 4.51. The number of amides is 2. The summed E-state index contributed by atoms with van der Waals surface area (Å²) in [6.07, 6.45) is 0. The molecule has 1 heterocycles. The molecule has 0 atom stereocenters. The molecule has 3 N–H and O–H groups in total. The average molecular weight is 466 g/mol. The van der Waals surface area contributed by atoms with Crippen LogP contribution in [-0.2, 0) is 0 Å². The second-order valence-corrected chi connectivity index (χ2v) is 8.39. The molecule has 0 aliphatic rings. The van der Waals surface area contributed by atoms with Crippen LogP contribution < -0.4 is 16.2 Å². The molecule has 0 saturated carbocycles. The summed E-state index contributed by atoms with van der Waals surface area (Å²) >= 11 is 12.7. The highest BCUT2D eigenvalue weighted by atomic mass is 35.5. The molecular weight excluding hydrogens is 450 g/mol. The molecule has 0 aliphatic carbocycles. The number of hydrogen-bond acceptors (Lipinski definition) is 4. The maximum atomic E-state index is 12.4. The Labute approximate surface area is 193 Å². The Morgan fingerprint density at radius 3 is 2.13 bits per heavy atom. The van der Waals surface area contributed by atoms with Crippen LogP contribution in [0.5, 0.6) is 0 Å². The molecular formula is C23H16ClN3O2S2. The normalized spacial score (nSPS) is 10.5. The number of nitrogens with one attached hydrogen (secondary N) is 3. The number of halogens is 1. The van der Waals surface area contributed by atoms with Crippen molar-refractivity contribution in [2.45, 2.75) is 0 Å². The minimum atomic E-state index is -0.435. The summed E-state index contributed by atoms with van der Waals surface area (Å²) in [6.45, 7) is 0. The van der Waals surface area contributed by atoms with Crippen molar-refractivity contribution in [2.75, 3.05) is 0 Å². The molecule has 0 radical (unpaired) electrons. The van der Waals surface area contributed by atoms with E-state index in [1.807, 2.05) is 66.7 Å². The van der Waals surface area contributed by atoms with E-state index in [4.69, 9.17) is 23.8 Å². The molecule has 0 unspecified atom stereocenters. The van der Waals surface area contributed by atoms with Crippen LogP contribution in [-0.4, -0.2) is 16.9 Å². The lowest BCUT2D eigenvalue weighted by atomic mass is 10.0. The smallest absolute Gasteiger partial charge is 0.281 e. The van der Waals surface area contributed by atoms with Gasteiger partial charge in [0.25, 0.3) is 11.8 Å². The van der Waals surface area contributed by atoms with Gasteiger partial charge in [0, 0.05) is 15.6 Å². The fraction of sp³-hybridized carbons (Fsp3) is 0. The Balaban J connectivity index is 1.34. The third-order valence-corrected chi connectivity index (χ3v) is 6.39. The minimum absolute atomic E-state index is 0.0253. The number of carbonyl (C=O) groups excluding carboxylic acids is 2. The first-order chi connectivity index (χ1) is 15.0. The van der Waals surface area contributed by atoms with Crippen LogP contribution in [0, 0.1) is 0 Å². The van der Waals surface area contributed by atoms with Gasteiger partial charge in [0.15, 0.2) is 5.11 Å². The number of hydrogen-bond donors (Lipinski definition) is 3. The van der Waals surface area contributed by atoms with Crippen molar-refractivity contribution in [1.29, 1.82) is 0 Å². The van der Waals surface area contributed by atoms with Crippen LogP contribution >= 0.6 is 35.2 Å². The van der Waals surface area contributed by atoms with E-state index in [0.29, 0.717) is 15.5 Å². The van der Waals surface area contributed by atoms with Crippen LogP contribution in [0.3, 0.4) is 0 Å². The SMILES string of the molecule is O=C(NC(=S)NNC(=O)c1sc2ccccc2c1Cl)c1ccc(-c2ccccc2)cc1. The fourth-order valence-electron chi connectivity index (χ4n) is 2.98. The average Bonchev–Trinajstić information content (AvgIpc) is 3.15. The number of rotatable bonds is 3. The van der Waals surface area contributed by atoms with Crippen molar-refractivity contribution >= 4 is 62.2 Å². The summed E-state index contributed by atoms with van der Waals surface area (Å²) in [5, 5.41) is 3.71. The second kappa shape index (κ2) is 9.26. The number of carbonyl (C=O) groups is 2. The summed E-state index contributed by atoms with van der Waals surface area (Å²) in [4.78, 5) is 25.2. The number of hydrazine groups is 1. The van der Waals surface area contributed by atoms with Crippen molar-refractivity contribution in [3.63, 3.8) is 0 Å². The van der Waals surface area contributed by atoms with Gasteiger partial charge in [-0.3, -0.25) is 25.8 Å². The molecule has 31 heavy (non-hydrogen) atoms. The molecule has 4 rings (SSSR count). The van der Waals surface area contributed by atoms with Gasteiger partial charge in [-0.05, 0) is 41.5 Å². The Morgan fingerprint density at radius 2 is 1.42 bits per heavy atom. The minimum Gasteiger partial charge on any atom is -0.298 e. The fourth-order valence-corrected chi connectivity index (χ4v) is 4.54. The highest BCUT2D eigenvalue weighted by molar-refractivity contribution is 7.80. The Hall–Kier alpha value is -3.26. The predicted octanol–water partition coefficient (Wildman–Crippen LogP) is 5.17. The quantitative estimate of drug-likeness (QED) is 0.288. The van der Waals surface area contributed by atoms with E-state index in [0.717, 1.165) is 21.2 Å². The Bertz CT molecular complexity index is 1270. The maximum Gasteiger partial charge on any atom is 0.281 e. The van der Waals surface area contributed by atoms with Gasteiger partial charge in [0.2, 0.25) is 0 Å². The molecule has 0 aliphatic heterocycles. The Morgan fingerprint density at radius 1 is 0.774 bits per heavy atom. The lowest BCUT2D eigenvalue weighted by Gasteiger charge is -2.10. The molecule has 5 nitrogen and oxygen atoms in total. The van der Waals surface area contributed by atoms with Crippen LogP contribution in [0.1, 0.15) is 20.0 Å². The summed E-state index contributed by atoms with van der Waals surface area (Å²) in [5.74, 6) is -0.818. The zero-order valence-electron chi connectivity index (χ0n) is 16.0. The van der Waals surface area contributed by atoms with E-state index in [-0.39, 0.29) is 11.0 Å². The summed E-state index contributed by atoms with van der Waals surface area (Å²) in [6, 6.07) is 24.5. The van der Waals surface area contributed by atoms with Gasteiger partial charge in [-0.15, -0.1) is 11.3 Å². The number of benzene rings is 3. The van der Waals surface area contributed by atoms with Gasteiger partial charge < -0.3 is 0 Å². The van der Waals surface area contributed by atoms with E-state index in [2.05, 4.69) is 16.2 Å². The van der Waals surface area contributed by atoms with Crippen molar-refractivity contribution in [3.8, 4) is 11.1 Å². The third kappa shape index (κ3) is 4.74. The van der Waals surface area contributed by atoms with Crippen molar-refractivity contribution < 1.29 is 9.59 Å². The number of thiocarbonyl (C=S) groups is 1. The lowest BCUT2D eigenvalue weighted by Crippen LogP contribution is -2.48. The topological polar surface area (TPSA) is 70.2 Å². The molecule has 4 aromatic rings. The zero-order chi connectivity index (χ0) is 21.8. The first kappa shape index (κ1) is 21.0. The molecule has 0 fully saturated rings. The van der Waals surface area contributed by atoms with Crippen LogP contribution in [0.25, 0.3) is 21.2 Å². The van der Waals surface area contributed by atoms with Gasteiger partial charge in [0.05, 0.1) is 5.02 Å². The van der Waals surface area contributed by atoms with Crippen LogP contribution in [0.15, 0.2) is 78.9 Å². The first-order valence-corrected chi connectivity index (χ1v) is 10.9. The summed E-state index contributed by atoms with van der Waals surface area (Å²) < 4.78 is 0.910. The van der Waals surface area contributed by atoms with E-state index < -0.39 is 5.91 Å². The van der Waals surface area contributed by atoms with Gasteiger partial charge in [0.1, 0.15) is 4.88 Å².